The van der Waals surface area contributed by atoms with Crippen LogP contribution < -0.4 is 0 Å². The number of pyridine rings is 1. The number of amides is 1. The highest BCUT2D eigenvalue weighted by Gasteiger charge is 2.18. The smallest absolute Gasteiger partial charge is 0.325 e. The summed E-state index contributed by atoms with van der Waals surface area (Å²) in [6.45, 7) is 0.247. The van der Waals surface area contributed by atoms with E-state index >= 15 is 0 Å². The molecule has 0 radical (unpaired) electrons. The normalized spacial score (nSPS) is 10.3. The number of carbonyl (C=O) groups excluding carboxylic acids is 2. The second kappa shape index (κ2) is 10.1. The first kappa shape index (κ1) is 19.3. The molecule has 0 bridgehead atoms. The fourth-order valence-electron chi connectivity index (χ4n) is 2.08. The first-order valence-electron chi connectivity index (χ1n) is 7.65. The summed E-state index contributed by atoms with van der Waals surface area (Å²) in [5, 5.41) is 0.625. The molecule has 0 spiro atoms. The lowest BCUT2D eigenvalue weighted by Gasteiger charge is -2.21. The maximum absolute atomic E-state index is 12.5. The van der Waals surface area contributed by atoms with Crippen molar-refractivity contribution in [3.05, 3.63) is 64.9 Å². The molecule has 7 heteroatoms. The summed E-state index contributed by atoms with van der Waals surface area (Å²) in [4.78, 5) is 29.8. The Morgan fingerprint density at radius 2 is 1.96 bits per heavy atom. The highest BCUT2D eigenvalue weighted by molar-refractivity contribution is 7.99. The average molecular weight is 379 g/mol. The van der Waals surface area contributed by atoms with E-state index in [1.807, 2.05) is 30.3 Å². The van der Waals surface area contributed by atoms with Crippen molar-refractivity contribution >= 4 is 35.2 Å². The van der Waals surface area contributed by atoms with E-state index in [0.29, 0.717) is 17.3 Å². The van der Waals surface area contributed by atoms with Gasteiger partial charge in [0.2, 0.25) is 5.91 Å². The van der Waals surface area contributed by atoms with Crippen molar-refractivity contribution in [2.24, 2.45) is 0 Å². The molecule has 0 aliphatic heterocycles. The molecule has 0 atom stereocenters. The van der Waals surface area contributed by atoms with Crippen molar-refractivity contribution in [1.82, 2.24) is 9.88 Å². The van der Waals surface area contributed by atoms with Gasteiger partial charge < -0.3 is 9.64 Å². The van der Waals surface area contributed by atoms with Crippen LogP contribution >= 0.6 is 23.4 Å². The lowest BCUT2D eigenvalue weighted by atomic mass is 10.2. The topological polar surface area (TPSA) is 59.5 Å². The summed E-state index contributed by atoms with van der Waals surface area (Å²) in [6, 6.07) is 12.9. The molecular weight excluding hydrogens is 360 g/mol. The van der Waals surface area contributed by atoms with Crippen LogP contribution in [0.1, 0.15) is 11.3 Å². The minimum absolute atomic E-state index is 0.0812. The number of ether oxygens (including phenoxy) is 1. The molecule has 0 aliphatic rings. The number of halogens is 1. The van der Waals surface area contributed by atoms with E-state index in [1.165, 1.54) is 23.8 Å². The third kappa shape index (κ3) is 6.76. The molecule has 0 aliphatic carbocycles. The molecule has 0 fully saturated rings. The third-order valence-electron chi connectivity index (χ3n) is 3.39. The van der Waals surface area contributed by atoms with Gasteiger partial charge in [-0.15, -0.1) is 11.8 Å². The van der Waals surface area contributed by atoms with Gasteiger partial charge in [-0.3, -0.25) is 14.6 Å². The van der Waals surface area contributed by atoms with E-state index in [-0.39, 0.29) is 18.2 Å². The SMILES string of the molecule is COC(=O)CN(Cc1ccc(Cl)cc1)C(=O)CSCc1ccccn1. The van der Waals surface area contributed by atoms with E-state index in [4.69, 9.17) is 16.3 Å². The van der Waals surface area contributed by atoms with Gasteiger partial charge in [-0.2, -0.15) is 0 Å². The largest absolute Gasteiger partial charge is 0.468 e. The van der Waals surface area contributed by atoms with E-state index < -0.39 is 5.97 Å². The molecule has 1 amide bonds. The number of aromatic nitrogens is 1. The molecule has 1 aromatic carbocycles. The second-order valence-electron chi connectivity index (χ2n) is 5.27. The molecule has 0 N–H and O–H groups in total. The number of hydrogen-bond donors (Lipinski definition) is 0. The monoisotopic (exact) mass is 378 g/mol. The molecule has 0 saturated carbocycles. The number of rotatable bonds is 8. The molecule has 5 nitrogen and oxygen atoms in total. The number of benzene rings is 1. The molecule has 0 unspecified atom stereocenters. The van der Waals surface area contributed by atoms with E-state index in [1.54, 1.807) is 18.3 Å². The molecule has 0 saturated heterocycles. The first-order valence-corrected chi connectivity index (χ1v) is 9.18. The van der Waals surface area contributed by atoms with Gasteiger partial charge in [0.15, 0.2) is 0 Å². The summed E-state index contributed by atoms with van der Waals surface area (Å²) in [5.41, 5.74) is 1.81. The molecule has 2 aromatic rings. The van der Waals surface area contributed by atoms with Crippen LogP contribution in [0.5, 0.6) is 0 Å². The number of carbonyl (C=O) groups is 2. The first-order chi connectivity index (χ1) is 12.1. The van der Waals surface area contributed by atoms with E-state index in [2.05, 4.69) is 4.98 Å². The minimum atomic E-state index is -0.447. The lowest BCUT2D eigenvalue weighted by molar-refractivity contribution is -0.146. The molecule has 2 rings (SSSR count). The Balaban J connectivity index is 1.94. The standard InChI is InChI=1S/C18H19ClN2O3S/c1-24-18(23)11-21(10-14-5-7-15(19)8-6-14)17(22)13-25-12-16-4-2-3-9-20-16/h2-9H,10-13H2,1H3. The molecule has 132 valence electrons. The lowest BCUT2D eigenvalue weighted by Crippen LogP contribution is -2.36. The van der Waals surface area contributed by atoms with Crippen LogP contribution in [0.15, 0.2) is 48.7 Å². The highest BCUT2D eigenvalue weighted by Crippen LogP contribution is 2.14. The van der Waals surface area contributed by atoms with Gasteiger partial charge >= 0.3 is 5.97 Å². The zero-order valence-electron chi connectivity index (χ0n) is 13.9. The average Bonchev–Trinajstić information content (AvgIpc) is 2.63. The van der Waals surface area contributed by atoms with Crippen LogP contribution in [-0.2, 0) is 26.6 Å². The van der Waals surface area contributed by atoms with Gasteiger partial charge in [0.1, 0.15) is 6.54 Å². The van der Waals surface area contributed by atoms with Crippen molar-refractivity contribution in [1.29, 1.82) is 0 Å². The van der Waals surface area contributed by atoms with Crippen molar-refractivity contribution in [3.63, 3.8) is 0 Å². The summed E-state index contributed by atoms with van der Waals surface area (Å²) in [6.07, 6.45) is 1.72. The third-order valence-corrected chi connectivity index (χ3v) is 4.59. The zero-order valence-corrected chi connectivity index (χ0v) is 15.4. The van der Waals surface area contributed by atoms with Crippen molar-refractivity contribution in [2.45, 2.75) is 12.3 Å². The number of thioether (sulfide) groups is 1. The number of methoxy groups -OCH3 is 1. The Labute approximate surface area is 156 Å². The maximum atomic E-state index is 12.5. The Bertz CT molecular complexity index is 695. The predicted molar refractivity (Wildman–Crippen MR) is 99.3 cm³/mol. The van der Waals surface area contributed by atoms with Crippen LogP contribution in [-0.4, -0.2) is 41.2 Å². The summed E-state index contributed by atoms with van der Waals surface area (Å²) in [5.74, 6) is 0.333. The molecular formula is C18H19ClN2O3S. The quantitative estimate of drug-likeness (QED) is 0.660. The Morgan fingerprint density at radius 1 is 1.20 bits per heavy atom. The van der Waals surface area contributed by atoms with Crippen molar-refractivity contribution in [3.8, 4) is 0 Å². The molecule has 1 aromatic heterocycles. The Hall–Kier alpha value is -2.05. The van der Waals surface area contributed by atoms with Crippen molar-refractivity contribution in [2.75, 3.05) is 19.4 Å². The van der Waals surface area contributed by atoms with Gasteiger partial charge in [-0.1, -0.05) is 29.8 Å². The van der Waals surface area contributed by atoms with Gasteiger partial charge in [-0.05, 0) is 29.8 Å². The summed E-state index contributed by atoms with van der Waals surface area (Å²) >= 11 is 7.34. The number of esters is 1. The van der Waals surface area contributed by atoms with E-state index in [0.717, 1.165) is 11.3 Å². The van der Waals surface area contributed by atoms with Crippen molar-refractivity contribution < 1.29 is 14.3 Å². The van der Waals surface area contributed by atoms with Crippen LogP contribution in [0.4, 0.5) is 0 Å². The summed E-state index contributed by atoms with van der Waals surface area (Å²) in [7, 11) is 1.31. The van der Waals surface area contributed by atoms with Crippen LogP contribution in [0.25, 0.3) is 0 Å². The molecule has 1 heterocycles. The second-order valence-corrected chi connectivity index (χ2v) is 6.69. The van der Waals surface area contributed by atoms with Gasteiger partial charge in [0.05, 0.1) is 18.6 Å². The van der Waals surface area contributed by atoms with Gasteiger partial charge in [-0.25, -0.2) is 0 Å². The van der Waals surface area contributed by atoms with Gasteiger partial charge in [0.25, 0.3) is 0 Å². The maximum Gasteiger partial charge on any atom is 0.325 e. The van der Waals surface area contributed by atoms with Crippen LogP contribution in [0.3, 0.4) is 0 Å². The fourth-order valence-corrected chi connectivity index (χ4v) is 3.05. The molecule has 25 heavy (non-hydrogen) atoms. The van der Waals surface area contributed by atoms with E-state index in [9.17, 15) is 9.59 Å². The Kier molecular flexibility index (Phi) is 7.76. The summed E-state index contributed by atoms with van der Waals surface area (Å²) < 4.78 is 4.69. The zero-order chi connectivity index (χ0) is 18.1. The van der Waals surface area contributed by atoms with Crippen LogP contribution in [0.2, 0.25) is 5.02 Å². The minimum Gasteiger partial charge on any atom is -0.468 e. The fraction of sp³-hybridized carbons (Fsp3) is 0.278. The Morgan fingerprint density at radius 3 is 2.60 bits per heavy atom. The predicted octanol–water partition coefficient (Wildman–Crippen LogP) is 3.17. The highest BCUT2D eigenvalue weighted by atomic mass is 35.5. The van der Waals surface area contributed by atoms with Gasteiger partial charge in [0, 0.05) is 23.5 Å². The van der Waals surface area contributed by atoms with Crippen LogP contribution in [0, 0.1) is 0 Å². The number of hydrogen-bond acceptors (Lipinski definition) is 5. The number of nitrogens with zero attached hydrogens (tertiary/aromatic N) is 2.